The molecule has 0 fully saturated rings. The van der Waals surface area contributed by atoms with Gasteiger partial charge in [0.15, 0.2) is 0 Å². The molecule has 0 amide bonds. The lowest BCUT2D eigenvalue weighted by molar-refractivity contribution is 0.332. The maximum atomic E-state index is 9.36. The maximum absolute atomic E-state index is 9.36. The van der Waals surface area contributed by atoms with E-state index in [1.807, 2.05) is 12.1 Å². The molecule has 0 atom stereocenters. The molecule has 7 aromatic rings. The molecule has 7 aromatic carbocycles. The normalized spacial score (nSPS) is 18.9. The summed E-state index contributed by atoms with van der Waals surface area (Å²) >= 11 is 0. The monoisotopic (exact) mass is 922 g/mol. The smallest absolute Gasteiger partial charge is 0.252 e. The van der Waals surface area contributed by atoms with Gasteiger partial charge in [-0.25, -0.2) is 0 Å². The lowest BCUT2D eigenvalue weighted by Gasteiger charge is -2.48. The average Bonchev–Trinajstić information content (AvgIpc) is 3.33. The molecule has 0 N–H and O–H groups in total. The SMILES string of the molecule is [2H]C([2H])([2H])c1cc2c3c(c1)N(c1c(-c4ccccc4)cc(C(C)(C)C)cc1-c1ccccc1)c1cc(C(C)(C)C)ccc1B3c1cc3c(cc1N2c1ccc2c(c1)C(C)(C)CCC2(C)C)C(C)(C)CCC3(C)C. The summed E-state index contributed by atoms with van der Waals surface area (Å²) in [5, 5.41) is 0. The van der Waals surface area contributed by atoms with Gasteiger partial charge < -0.3 is 9.80 Å². The summed E-state index contributed by atoms with van der Waals surface area (Å²) in [7, 11) is 0. The van der Waals surface area contributed by atoms with E-state index in [0.717, 1.165) is 87.5 Å². The fraction of sp³-hybridized carbons (Fsp3) is 0.373. The van der Waals surface area contributed by atoms with Crippen molar-refractivity contribution in [3.8, 4) is 22.3 Å². The van der Waals surface area contributed by atoms with Gasteiger partial charge >= 0.3 is 0 Å². The van der Waals surface area contributed by atoms with Crippen LogP contribution in [0.2, 0.25) is 0 Å². The third-order valence-corrected chi connectivity index (χ3v) is 17.4. The van der Waals surface area contributed by atoms with E-state index >= 15 is 0 Å². The van der Waals surface area contributed by atoms with Crippen molar-refractivity contribution in [2.75, 3.05) is 9.80 Å². The highest BCUT2D eigenvalue weighted by Crippen LogP contribution is 2.55. The van der Waals surface area contributed by atoms with E-state index in [-0.39, 0.29) is 39.2 Å². The molecule has 3 heteroatoms. The van der Waals surface area contributed by atoms with Crippen LogP contribution in [0, 0.1) is 6.85 Å². The van der Waals surface area contributed by atoms with Crippen LogP contribution in [0.15, 0.2) is 133 Å². The van der Waals surface area contributed by atoms with Crippen LogP contribution in [0.25, 0.3) is 22.3 Å². The Balaban J connectivity index is 1.34. The van der Waals surface area contributed by atoms with Crippen LogP contribution >= 0.6 is 0 Å². The zero-order valence-electron chi connectivity index (χ0n) is 47.5. The standard InChI is InChI=1S/C67H75BN2/c1-42-34-58-60-59(35-42)70(61-48(43-22-18-16-19-23-43)36-46(63(5,6)7)37-49(61)44-24-20-17-21-25-44)56-38-45(62(2,3)4)26-29-54(56)68(60)55-40-52-53(67(14,15)33-32-66(52,12)13)41-57(55)69(58)47-27-28-50-51(39-47)65(10,11)31-30-64(50,8)9/h16-29,34-41H,30-33H2,1-15H3/i1D3. The number of nitrogens with zero attached hydrogens (tertiary/aromatic N) is 2. The van der Waals surface area contributed by atoms with Gasteiger partial charge in [0.1, 0.15) is 0 Å². The van der Waals surface area contributed by atoms with Gasteiger partial charge in [0, 0.05) is 43.7 Å². The van der Waals surface area contributed by atoms with Gasteiger partial charge in [-0.05, 0) is 180 Å². The Morgan fingerprint density at radius 3 is 1.46 bits per heavy atom. The third kappa shape index (κ3) is 7.34. The van der Waals surface area contributed by atoms with E-state index in [9.17, 15) is 4.11 Å². The Labute approximate surface area is 425 Å². The van der Waals surface area contributed by atoms with Crippen LogP contribution in [0.4, 0.5) is 34.1 Å². The molecule has 4 aliphatic rings. The number of hydrogen-bond donors (Lipinski definition) is 0. The van der Waals surface area contributed by atoms with Gasteiger partial charge in [-0.1, -0.05) is 182 Å². The molecule has 0 bridgehead atoms. The molecule has 356 valence electrons. The first-order valence-electron chi connectivity index (χ1n) is 27.6. The van der Waals surface area contributed by atoms with Crippen molar-refractivity contribution in [2.24, 2.45) is 0 Å². The van der Waals surface area contributed by atoms with Crippen LogP contribution in [0.1, 0.15) is 166 Å². The van der Waals surface area contributed by atoms with Crippen LogP contribution < -0.4 is 26.2 Å². The first-order valence-corrected chi connectivity index (χ1v) is 26.1. The van der Waals surface area contributed by atoms with Gasteiger partial charge in [-0.2, -0.15) is 0 Å². The van der Waals surface area contributed by atoms with E-state index in [4.69, 9.17) is 0 Å². The van der Waals surface area contributed by atoms with Crippen molar-refractivity contribution in [1.82, 2.24) is 0 Å². The van der Waals surface area contributed by atoms with Crippen molar-refractivity contribution in [3.63, 3.8) is 0 Å². The summed E-state index contributed by atoms with van der Waals surface area (Å²) < 4.78 is 28.1. The average molecular weight is 922 g/mol. The van der Waals surface area contributed by atoms with Crippen molar-refractivity contribution < 1.29 is 4.11 Å². The van der Waals surface area contributed by atoms with Crippen molar-refractivity contribution in [2.45, 2.75) is 162 Å². The molecule has 0 radical (unpaired) electrons. The van der Waals surface area contributed by atoms with Gasteiger partial charge in [0.25, 0.3) is 6.71 Å². The minimum atomic E-state index is -2.41. The lowest BCUT2D eigenvalue weighted by Crippen LogP contribution is -2.62. The van der Waals surface area contributed by atoms with Crippen LogP contribution in [0.5, 0.6) is 0 Å². The Kier molecular flexibility index (Phi) is 9.59. The van der Waals surface area contributed by atoms with E-state index in [1.165, 1.54) is 44.3 Å². The zero-order valence-corrected chi connectivity index (χ0v) is 44.5. The molecular formula is C67H75BN2. The van der Waals surface area contributed by atoms with Crippen LogP contribution in [-0.4, -0.2) is 6.71 Å². The van der Waals surface area contributed by atoms with Crippen LogP contribution in [0.3, 0.4) is 0 Å². The third-order valence-electron chi connectivity index (χ3n) is 17.4. The van der Waals surface area contributed by atoms with Gasteiger partial charge in [-0.15, -0.1) is 0 Å². The second-order valence-corrected chi connectivity index (χ2v) is 26.2. The van der Waals surface area contributed by atoms with Crippen molar-refractivity contribution >= 4 is 57.2 Å². The number of benzene rings is 7. The van der Waals surface area contributed by atoms with Gasteiger partial charge in [0.2, 0.25) is 0 Å². The molecule has 11 rings (SSSR count). The Hall–Kier alpha value is -5.80. The second-order valence-electron chi connectivity index (χ2n) is 26.2. The molecule has 2 heterocycles. The van der Waals surface area contributed by atoms with Crippen molar-refractivity contribution in [1.29, 1.82) is 0 Å². The predicted octanol–water partition coefficient (Wildman–Crippen LogP) is 16.7. The largest absolute Gasteiger partial charge is 0.311 e. The zero-order chi connectivity index (χ0) is 52.2. The highest BCUT2D eigenvalue weighted by Gasteiger charge is 2.48. The summed E-state index contributed by atoms with van der Waals surface area (Å²) in [6.45, 7) is 30.5. The number of anilines is 6. The fourth-order valence-corrected chi connectivity index (χ4v) is 12.7. The highest BCUT2D eigenvalue weighted by atomic mass is 15.2. The molecule has 0 aromatic heterocycles. The summed E-state index contributed by atoms with van der Waals surface area (Å²) in [6.07, 6.45) is 4.42. The van der Waals surface area contributed by atoms with Crippen molar-refractivity contribution in [3.05, 3.63) is 172 Å². The molecule has 2 aliphatic carbocycles. The Bertz CT molecular complexity index is 3300. The summed E-state index contributed by atoms with van der Waals surface area (Å²) in [6, 6.07) is 50.1. The second kappa shape index (κ2) is 15.6. The maximum Gasteiger partial charge on any atom is 0.252 e. The number of rotatable bonds is 4. The molecule has 0 saturated heterocycles. The number of aryl methyl sites for hydroxylation is 1. The topological polar surface area (TPSA) is 6.48 Å². The summed E-state index contributed by atoms with van der Waals surface area (Å²) in [5.74, 6) is 0. The number of hydrogen-bond acceptors (Lipinski definition) is 2. The lowest BCUT2D eigenvalue weighted by atomic mass is 9.33. The van der Waals surface area contributed by atoms with Gasteiger partial charge in [0.05, 0.1) is 5.69 Å². The van der Waals surface area contributed by atoms with E-state index < -0.39 is 6.85 Å². The fourth-order valence-electron chi connectivity index (χ4n) is 12.7. The number of fused-ring (bicyclic) bond motifs is 6. The van der Waals surface area contributed by atoms with E-state index in [0.29, 0.717) is 5.56 Å². The van der Waals surface area contributed by atoms with E-state index in [1.54, 1.807) is 0 Å². The Morgan fingerprint density at radius 1 is 0.443 bits per heavy atom. The highest BCUT2D eigenvalue weighted by molar-refractivity contribution is 7.00. The Morgan fingerprint density at radius 2 is 0.929 bits per heavy atom. The van der Waals surface area contributed by atoms with E-state index in [2.05, 4.69) is 228 Å². The van der Waals surface area contributed by atoms with Crippen LogP contribution in [-0.2, 0) is 32.5 Å². The summed E-state index contributed by atoms with van der Waals surface area (Å²) in [5.41, 5.74) is 22.3. The predicted molar refractivity (Wildman–Crippen MR) is 304 cm³/mol. The quantitative estimate of drug-likeness (QED) is 0.162. The molecule has 2 nitrogen and oxygen atoms in total. The molecular weight excluding hydrogens is 844 g/mol. The first-order chi connectivity index (χ1) is 34.1. The summed E-state index contributed by atoms with van der Waals surface area (Å²) in [4.78, 5) is 4.99. The minimum Gasteiger partial charge on any atom is -0.311 e. The molecule has 0 saturated carbocycles. The van der Waals surface area contributed by atoms with Gasteiger partial charge in [-0.3, -0.25) is 0 Å². The molecule has 70 heavy (non-hydrogen) atoms. The molecule has 0 unspecified atom stereocenters. The molecule has 2 aliphatic heterocycles. The minimum absolute atomic E-state index is 0.0365. The first kappa shape index (κ1) is 43.0. The molecule has 0 spiro atoms.